The van der Waals surface area contributed by atoms with Gasteiger partial charge in [-0.25, -0.2) is 4.79 Å². The van der Waals surface area contributed by atoms with E-state index in [4.69, 9.17) is 15.3 Å². The summed E-state index contributed by atoms with van der Waals surface area (Å²) in [5, 5.41) is 24.8. The number of aliphatic hydroxyl groups is 2. The Morgan fingerprint density at radius 3 is 2.55 bits per heavy atom. The van der Waals surface area contributed by atoms with Gasteiger partial charge in [-0.2, -0.15) is 0 Å². The molecule has 0 aromatic rings. The van der Waals surface area contributed by atoms with E-state index in [0.29, 0.717) is 6.61 Å². The zero-order chi connectivity index (χ0) is 7.98. The number of hydrogen-bond acceptors (Lipinski definition) is 4. The molecular formula is C5H10NaO5. The van der Waals surface area contributed by atoms with Crippen molar-refractivity contribution in [2.45, 2.75) is 6.10 Å². The number of ether oxygens (including phenoxy) is 1. The quantitative estimate of drug-likeness (QED) is 0.417. The van der Waals surface area contributed by atoms with Crippen molar-refractivity contribution in [2.75, 3.05) is 13.2 Å². The zero-order valence-electron chi connectivity index (χ0n) is 5.23. The first-order valence-corrected chi connectivity index (χ1v) is 2.63. The third-order valence-electron chi connectivity index (χ3n) is 0.684. The monoisotopic (exact) mass is 173 g/mol. The second-order valence-corrected chi connectivity index (χ2v) is 1.63. The minimum absolute atomic E-state index is 0. The van der Waals surface area contributed by atoms with E-state index in [-0.39, 0.29) is 36.2 Å². The van der Waals surface area contributed by atoms with E-state index in [1.165, 1.54) is 0 Å². The van der Waals surface area contributed by atoms with E-state index in [9.17, 15) is 4.79 Å². The number of carbonyl (C=O) groups is 1. The fraction of sp³-hybridized carbons (Fsp3) is 0.600. The molecule has 0 fully saturated rings. The Morgan fingerprint density at radius 1 is 1.64 bits per heavy atom. The second kappa shape index (κ2) is 8.45. The third-order valence-corrected chi connectivity index (χ3v) is 0.684. The van der Waals surface area contributed by atoms with Crippen molar-refractivity contribution >= 4 is 35.5 Å². The molecule has 0 aliphatic rings. The molecule has 11 heavy (non-hydrogen) atoms. The van der Waals surface area contributed by atoms with Gasteiger partial charge in [-0.15, -0.1) is 0 Å². The van der Waals surface area contributed by atoms with Crippen molar-refractivity contribution in [3.05, 3.63) is 6.61 Å². The van der Waals surface area contributed by atoms with Crippen LogP contribution in [0.2, 0.25) is 0 Å². The molecule has 0 saturated carbocycles. The van der Waals surface area contributed by atoms with Crippen LogP contribution in [0.3, 0.4) is 0 Å². The van der Waals surface area contributed by atoms with Crippen LogP contribution in [0.5, 0.6) is 0 Å². The van der Waals surface area contributed by atoms with Crippen LogP contribution in [0.15, 0.2) is 0 Å². The molecular weight excluding hydrogens is 163 g/mol. The van der Waals surface area contributed by atoms with Gasteiger partial charge >= 0.3 is 35.5 Å². The summed E-state index contributed by atoms with van der Waals surface area (Å²) in [6.07, 6.45) is -1.02. The van der Waals surface area contributed by atoms with Crippen LogP contribution in [0.1, 0.15) is 0 Å². The molecule has 0 spiro atoms. The van der Waals surface area contributed by atoms with Crippen LogP contribution in [0.25, 0.3) is 0 Å². The first-order valence-electron chi connectivity index (χ1n) is 2.63. The van der Waals surface area contributed by atoms with Gasteiger partial charge in [0.15, 0.2) is 6.61 Å². The Bertz CT molecular complexity index is 107. The molecule has 0 bridgehead atoms. The molecule has 6 heteroatoms. The van der Waals surface area contributed by atoms with Crippen LogP contribution < -0.4 is 0 Å². The number of carboxylic acid groups (broad SMARTS) is 1. The second-order valence-electron chi connectivity index (χ2n) is 1.63. The number of rotatable bonds is 5. The summed E-state index contributed by atoms with van der Waals surface area (Å²) in [4.78, 5) is 9.74. The summed E-state index contributed by atoms with van der Waals surface area (Å²) in [5.74, 6) is -1.22. The van der Waals surface area contributed by atoms with Crippen LogP contribution in [0, 0.1) is 6.61 Å². The molecule has 5 nitrogen and oxygen atoms in total. The minimum atomic E-state index is -1.22. The SMILES string of the molecule is O=C(O)[CH]OCC(O)CO.[NaH]. The van der Waals surface area contributed by atoms with Gasteiger partial charge in [0.2, 0.25) is 0 Å². The van der Waals surface area contributed by atoms with E-state index >= 15 is 0 Å². The van der Waals surface area contributed by atoms with Gasteiger partial charge in [-0.3, -0.25) is 0 Å². The first-order chi connectivity index (χ1) is 4.66. The Kier molecular flexibility index (Phi) is 10.7. The summed E-state index contributed by atoms with van der Waals surface area (Å²) in [6.45, 7) is -0.0882. The summed E-state index contributed by atoms with van der Waals surface area (Å²) < 4.78 is 4.31. The van der Waals surface area contributed by atoms with Crippen molar-refractivity contribution in [1.82, 2.24) is 0 Å². The maximum atomic E-state index is 9.74. The molecule has 1 radical (unpaired) electrons. The predicted octanol–water partition coefficient (Wildman–Crippen LogP) is -2.05. The Balaban J connectivity index is 0. The van der Waals surface area contributed by atoms with Gasteiger partial charge in [0.05, 0.1) is 13.2 Å². The fourth-order valence-corrected chi connectivity index (χ4v) is 0.283. The molecule has 0 aliphatic carbocycles. The zero-order valence-corrected chi connectivity index (χ0v) is 5.23. The molecule has 0 aromatic heterocycles. The van der Waals surface area contributed by atoms with Crippen LogP contribution in [-0.2, 0) is 9.53 Å². The standard InChI is InChI=1S/C5H9O5.Na.H/c6-1-4(7)2-10-3-5(8)9;;/h3-4,6-7H,1-2H2,(H,8,9);;. The number of carboxylic acids is 1. The van der Waals surface area contributed by atoms with E-state index in [1.54, 1.807) is 0 Å². The van der Waals surface area contributed by atoms with Gasteiger partial charge in [0, 0.05) is 0 Å². The van der Waals surface area contributed by atoms with Crippen molar-refractivity contribution in [1.29, 1.82) is 0 Å². The number of aliphatic carboxylic acids is 1. The van der Waals surface area contributed by atoms with Gasteiger partial charge < -0.3 is 20.1 Å². The molecule has 0 aromatic carbocycles. The van der Waals surface area contributed by atoms with Crippen LogP contribution >= 0.6 is 0 Å². The van der Waals surface area contributed by atoms with Crippen molar-refractivity contribution < 1.29 is 24.9 Å². The third kappa shape index (κ3) is 10.4. The van der Waals surface area contributed by atoms with E-state index in [1.807, 2.05) is 0 Å². The maximum absolute atomic E-state index is 9.74. The topological polar surface area (TPSA) is 87.0 Å². The molecule has 0 heterocycles. The molecule has 0 saturated heterocycles. The fourth-order valence-electron chi connectivity index (χ4n) is 0.283. The van der Waals surface area contributed by atoms with Gasteiger partial charge in [-0.1, -0.05) is 0 Å². The molecule has 1 unspecified atom stereocenters. The van der Waals surface area contributed by atoms with Gasteiger partial charge in [0.25, 0.3) is 0 Å². The van der Waals surface area contributed by atoms with Crippen molar-refractivity contribution in [3.8, 4) is 0 Å². The Morgan fingerprint density at radius 2 is 2.18 bits per heavy atom. The number of hydrogen-bond donors (Lipinski definition) is 3. The molecule has 3 N–H and O–H groups in total. The van der Waals surface area contributed by atoms with Gasteiger partial charge in [-0.05, 0) is 0 Å². The van der Waals surface area contributed by atoms with Crippen LogP contribution in [0.4, 0.5) is 0 Å². The summed E-state index contributed by atoms with van der Waals surface area (Å²) >= 11 is 0. The molecule has 0 amide bonds. The van der Waals surface area contributed by atoms with Crippen molar-refractivity contribution in [3.63, 3.8) is 0 Å². The van der Waals surface area contributed by atoms with Crippen LogP contribution in [-0.4, -0.2) is 70.2 Å². The van der Waals surface area contributed by atoms with Gasteiger partial charge in [0.1, 0.15) is 6.10 Å². The predicted molar refractivity (Wildman–Crippen MR) is 38.1 cm³/mol. The molecule has 0 rings (SSSR count). The first kappa shape index (κ1) is 13.9. The van der Waals surface area contributed by atoms with E-state index in [0.717, 1.165) is 0 Å². The molecule has 1 atom stereocenters. The number of aliphatic hydroxyl groups excluding tert-OH is 2. The van der Waals surface area contributed by atoms with E-state index < -0.39 is 18.7 Å². The Labute approximate surface area is 86.3 Å². The summed E-state index contributed by atoms with van der Waals surface area (Å²) in [5.41, 5.74) is 0. The average molecular weight is 173 g/mol. The molecule has 0 aliphatic heterocycles. The van der Waals surface area contributed by atoms with E-state index in [2.05, 4.69) is 4.74 Å². The molecule has 61 valence electrons. The average Bonchev–Trinajstić information content (AvgIpc) is 1.87. The summed E-state index contributed by atoms with van der Waals surface area (Å²) in [6, 6.07) is 0. The summed E-state index contributed by atoms with van der Waals surface area (Å²) in [7, 11) is 0. The normalized spacial score (nSPS) is 11.8. The Hall–Kier alpha value is 0.350. The van der Waals surface area contributed by atoms with Crippen molar-refractivity contribution in [2.24, 2.45) is 0 Å².